The van der Waals surface area contributed by atoms with E-state index in [1.807, 2.05) is 55.9 Å². The number of nitrogens with one attached hydrogen (secondary N) is 3. The SMILES string of the molecule is CC(C)C(=O)ON1C(=O)CCC1=O.CC(C)C(=O)[O-].CCN=C=NCCCN(C)C.CCN=C=NCCCN(C)C.CCNC(=NCCCN(C)C)OC(=O)C(C)C.CCNC(=O)NCCCN(C)C.CN.NCCO.NCCO.O=C1CCC(=O)N1O.O=C1CCC(=O)N1[O-].[H+].[H+].[H+]. The van der Waals surface area contributed by atoms with Gasteiger partial charge in [0.2, 0.25) is 11.8 Å². The predicted octanol–water partition coefficient (Wildman–Crippen LogP) is 0.211. The molecule has 3 aliphatic rings. The second kappa shape index (κ2) is 75.3. The number of aliphatic hydroxyl groups excluding tert-OH is 2. The van der Waals surface area contributed by atoms with Gasteiger partial charge in [0, 0.05) is 96.9 Å². The molecule has 0 atom stereocenters. The standard InChI is InChI=1S/C12H25N3O2.C8H19N3O.2C8H17N3.C8H11NO4.C4H5NO3.C4H4NO3.C4H8O2.2C2H7NO.CH5N/c1-6-13-12(17-11(16)10(2)3)14-8-7-9-15(4)5;1-4-9-8(12)10-6-5-7-11(2)3;2*1-4-9-8-10-6-5-7-11(2)3;1-5(2)8(12)13-9-6(10)3-4-7(9)11;2*6-3-1-2-4(7)5(3)8;1-3(2)4(5)6;2*3-1-2-4;1-2/h10H,6-9H2,1-5H3,(H,13,14);4-7H2,1-3H3,(H2,9,10,12);2*4-7H2,1-3H3;5H,3-4H2,1-2H3;8H,1-2H2;1-2H2;3H,1-2H3,(H,5,6);2*4H,1-3H2;2H2,1H3/q;;;;;;-1;;;;/p+2. The van der Waals surface area contributed by atoms with Gasteiger partial charge in [0.1, 0.15) is 0 Å². The molecule has 0 aromatic carbocycles. The number of urea groups is 1. The summed E-state index contributed by atoms with van der Waals surface area (Å²) in [5.74, 6) is -5.77. The minimum atomic E-state index is -0.991. The summed E-state index contributed by atoms with van der Waals surface area (Å²) in [6.45, 7) is 28.9. The number of carboxylic acid groups (broad SMARTS) is 1. The van der Waals surface area contributed by atoms with Gasteiger partial charge >= 0.3 is 22.2 Å². The third kappa shape index (κ3) is 79.3. The number of hydrogen-bond acceptors (Lipinski definition) is 29. The van der Waals surface area contributed by atoms with Crippen LogP contribution in [0, 0.1) is 23.0 Å². The first-order valence-corrected chi connectivity index (χ1v) is 31.9. The summed E-state index contributed by atoms with van der Waals surface area (Å²) in [7, 11) is 17.8. The highest BCUT2D eigenvalue weighted by molar-refractivity contribution is 6.02. The highest BCUT2D eigenvalue weighted by Gasteiger charge is 2.33. The molecule has 35 nitrogen and oxygen atoms in total. The van der Waals surface area contributed by atoms with E-state index in [4.69, 9.17) is 31.6 Å². The Morgan fingerprint density at radius 3 is 1.16 bits per heavy atom. The van der Waals surface area contributed by atoms with E-state index >= 15 is 0 Å². The Morgan fingerprint density at radius 2 is 0.885 bits per heavy atom. The Labute approximate surface area is 575 Å². The monoisotopic (exact) mass is 1380 g/mol. The van der Waals surface area contributed by atoms with Crippen LogP contribution in [0.3, 0.4) is 0 Å². The van der Waals surface area contributed by atoms with Crippen LogP contribution in [0.15, 0.2) is 25.0 Å². The molecule has 0 aromatic rings. The van der Waals surface area contributed by atoms with Gasteiger partial charge in [0.25, 0.3) is 29.7 Å². The van der Waals surface area contributed by atoms with E-state index in [1.54, 1.807) is 41.5 Å². The number of amidine groups is 1. The summed E-state index contributed by atoms with van der Waals surface area (Å²) < 4.78 is 5.15. The minimum Gasteiger partial charge on any atom is -0.750 e. The number of carboxylic acids is 1. The highest BCUT2D eigenvalue weighted by atomic mass is 16.7. The number of rotatable bonds is 26. The fourth-order valence-corrected chi connectivity index (χ4v) is 5.12. The summed E-state index contributed by atoms with van der Waals surface area (Å²) in [4.78, 5) is 139. The molecule has 8 amide bonds. The molecular weight excluding hydrogens is 1260 g/mol. The van der Waals surface area contributed by atoms with Gasteiger partial charge in [0.15, 0.2) is 0 Å². The van der Waals surface area contributed by atoms with Crippen molar-refractivity contribution < 1.29 is 82.3 Å². The Bertz CT molecular complexity index is 2090. The fourth-order valence-electron chi connectivity index (χ4n) is 5.12. The predicted molar refractivity (Wildman–Crippen MR) is 372 cm³/mol. The topological polar surface area (TPSA) is 495 Å². The largest absolute Gasteiger partial charge is 1.00 e. The highest BCUT2D eigenvalue weighted by Crippen LogP contribution is 2.13. The summed E-state index contributed by atoms with van der Waals surface area (Å²) in [6, 6.07) is 5.55. The van der Waals surface area contributed by atoms with Crippen LogP contribution >= 0.6 is 0 Å². The van der Waals surface area contributed by atoms with Crippen molar-refractivity contribution in [2.45, 2.75) is 133 Å². The molecule has 0 aromatic heterocycles. The molecule has 0 unspecified atom stereocenters. The molecule has 35 heteroatoms. The summed E-state index contributed by atoms with van der Waals surface area (Å²) in [6.07, 6.45) is 4.83. The van der Waals surface area contributed by atoms with Gasteiger partial charge in [-0.15, -0.1) is 5.06 Å². The molecule has 12 N–H and O–H groups in total. The lowest BCUT2D eigenvalue weighted by atomic mass is 10.2. The van der Waals surface area contributed by atoms with Gasteiger partial charge in [-0.1, -0.05) is 41.5 Å². The van der Waals surface area contributed by atoms with E-state index in [9.17, 15) is 58.3 Å². The molecule has 0 aliphatic carbocycles. The first-order chi connectivity index (χ1) is 45.1. The second-order valence-electron chi connectivity index (χ2n) is 21.4. The fraction of sp³-hybridized carbons (Fsp3) is 0.787. The minimum absolute atomic E-state index is 0. The number of ether oxygens (including phenoxy) is 1. The number of hydrogen-bond donors (Lipinski definition) is 9. The summed E-state index contributed by atoms with van der Waals surface area (Å²) in [5, 5.41) is 52.6. The van der Waals surface area contributed by atoms with E-state index in [0.29, 0.717) is 43.8 Å². The molecule has 3 fully saturated rings. The molecule has 0 radical (unpaired) electrons. The molecule has 3 saturated heterocycles. The quantitative estimate of drug-likeness (QED) is 0.0140. The van der Waals surface area contributed by atoms with Crippen molar-refractivity contribution in [2.24, 2.45) is 59.9 Å². The van der Waals surface area contributed by atoms with Gasteiger partial charge in [-0.2, -0.15) is 5.06 Å². The number of aliphatic imine (C=N–C) groups is 5. The lowest BCUT2D eigenvalue weighted by molar-refractivity contribution is -0.310. The maximum absolute atomic E-state index is 11.4. The zero-order valence-corrected chi connectivity index (χ0v) is 61.3. The Kier molecular flexibility index (Phi) is 82.3. The first kappa shape index (κ1) is 105. The van der Waals surface area contributed by atoms with Crippen molar-refractivity contribution >= 4 is 77.4 Å². The van der Waals surface area contributed by atoms with Gasteiger partial charge < -0.3 is 92.7 Å². The molecule has 96 heavy (non-hydrogen) atoms. The van der Waals surface area contributed by atoms with Crippen LogP contribution in [0.25, 0.3) is 0 Å². The normalized spacial score (nSPS) is 12.5. The van der Waals surface area contributed by atoms with Crippen molar-refractivity contribution in [1.29, 1.82) is 0 Å². The average Bonchev–Trinajstić information content (AvgIpc) is 1.77. The van der Waals surface area contributed by atoms with Crippen LogP contribution in [0.5, 0.6) is 0 Å². The number of amides is 8. The Morgan fingerprint density at radius 1 is 0.552 bits per heavy atom. The maximum atomic E-state index is 11.4. The van der Waals surface area contributed by atoms with Crippen LogP contribution in [-0.2, 0) is 52.7 Å². The van der Waals surface area contributed by atoms with E-state index < -0.39 is 47.4 Å². The number of carbonyl (C=O) groups excluding carboxylic acids is 10. The Balaban J connectivity index is -0.0000000981. The number of hydroxylamine groups is 6. The van der Waals surface area contributed by atoms with Crippen molar-refractivity contribution in [2.75, 3.05) is 168 Å². The molecular formula is C61H127N18O17+. The Hall–Kier alpha value is -7.11. The van der Waals surface area contributed by atoms with Crippen LogP contribution in [0.1, 0.15) is 138 Å². The van der Waals surface area contributed by atoms with E-state index in [0.717, 1.165) is 84.6 Å². The van der Waals surface area contributed by atoms with Crippen molar-refractivity contribution in [3.8, 4) is 0 Å². The lowest BCUT2D eigenvalue weighted by Crippen LogP contribution is -2.36. The van der Waals surface area contributed by atoms with E-state index in [2.05, 4.69) is 111 Å². The van der Waals surface area contributed by atoms with Crippen LogP contribution in [0.2, 0.25) is 0 Å². The van der Waals surface area contributed by atoms with E-state index in [1.165, 1.54) is 7.05 Å². The number of aliphatic hydroxyl groups is 2. The van der Waals surface area contributed by atoms with E-state index in [-0.39, 0.29) is 95.9 Å². The second-order valence-corrected chi connectivity index (χ2v) is 21.4. The number of carbonyl (C=O) groups is 10. The summed E-state index contributed by atoms with van der Waals surface area (Å²) in [5.41, 5.74) is 14.1. The number of nitrogens with two attached hydrogens (primary N) is 3. The molecule has 0 saturated carbocycles. The smallest absolute Gasteiger partial charge is 0.750 e. The van der Waals surface area contributed by atoms with Gasteiger partial charge in [0.05, 0.1) is 50.2 Å². The third-order valence-corrected chi connectivity index (χ3v) is 10.2. The number of nitrogens with zero attached hydrogens (tertiary/aromatic N) is 12. The van der Waals surface area contributed by atoms with Gasteiger partial charge in [-0.05, 0) is 149 Å². The first-order valence-electron chi connectivity index (χ1n) is 31.9. The molecule has 3 heterocycles. The molecule has 0 bridgehead atoms. The molecule has 562 valence electrons. The van der Waals surface area contributed by atoms with Crippen molar-refractivity contribution in [1.82, 2.24) is 50.7 Å². The maximum Gasteiger partial charge on any atom is 1.00 e. The van der Waals surface area contributed by atoms with Crippen LogP contribution < -0.4 is 38.3 Å². The van der Waals surface area contributed by atoms with Crippen LogP contribution in [-0.4, -0.2) is 296 Å². The zero-order valence-electron chi connectivity index (χ0n) is 64.3. The average molecular weight is 1380 g/mol. The number of imide groups is 3. The van der Waals surface area contributed by atoms with Crippen LogP contribution in [0.4, 0.5) is 4.79 Å². The molecule has 0 spiro atoms. The zero-order chi connectivity index (χ0) is 76.0. The molecule has 3 rings (SSSR count). The number of esters is 1. The third-order valence-electron chi connectivity index (χ3n) is 10.2. The number of aliphatic carboxylic acids is 1. The van der Waals surface area contributed by atoms with Crippen molar-refractivity contribution in [3.05, 3.63) is 5.21 Å². The van der Waals surface area contributed by atoms with Crippen molar-refractivity contribution in [3.63, 3.8) is 0 Å². The molecule has 3 aliphatic heterocycles. The lowest BCUT2D eigenvalue weighted by Gasteiger charge is -2.17. The van der Waals surface area contributed by atoms with Gasteiger partial charge in [-0.3, -0.25) is 38.8 Å². The summed E-state index contributed by atoms with van der Waals surface area (Å²) >= 11 is 0. The van der Waals surface area contributed by atoms with Gasteiger partial charge in [-0.25, -0.2) is 34.6 Å².